The summed E-state index contributed by atoms with van der Waals surface area (Å²) in [5.74, 6) is -0.968. The second kappa shape index (κ2) is 6.99. The molecule has 0 unspecified atom stereocenters. The van der Waals surface area contributed by atoms with Crippen molar-refractivity contribution >= 4 is 11.6 Å². The molecule has 0 amide bonds. The highest BCUT2D eigenvalue weighted by molar-refractivity contribution is 5.57. The standard InChI is InChI=1S/C18H13F4N3O/c1-25(13-7-5-6-12(19)10-13)17-23-11-15(18(20,21)22)16(24-17)26-14-8-3-2-4-9-14/h2-11H,1H3. The zero-order chi connectivity index (χ0) is 18.7. The lowest BCUT2D eigenvalue weighted by atomic mass is 10.3. The van der Waals surface area contributed by atoms with Crippen LogP contribution in [0.3, 0.4) is 0 Å². The van der Waals surface area contributed by atoms with Crippen molar-refractivity contribution in [2.24, 2.45) is 0 Å². The highest BCUT2D eigenvalue weighted by Crippen LogP contribution is 2.37. The summed E-state index contributed by atoms with van der Waals surface area (Å²) >= 11 is 0. The van der Waals surface area contributed by atoms with E-state index in [1.54, 1.807) is 24.3 Å². The van der Waals surface area contributed by atoms with Crippen molar-refractivity contribution in [3.8, 4) is 11.6 Å². The summed E-state index contributed by atoms with van der Waals surface area (Å²) in [7, 11) is 1.52. The van der Waals surface area contributed by atoms with E-state index in [0.717, 1.165) is 0 Å². The molecule has 0 fully saturated rings. The Balaban J connectivity index is 2.01. The van der Waals surface area contributed by atoms with Gasteiger partial charge in [-0.1, -0.05) is 24.3 Å². The van der Waals surface area contributed by atoms with Crippen LogP contribution in [0.15, 0.2) is 60.8 Å². The van der Waals surface area contributed by atoms with Crippen LogP contribution in [0.25, 0.3) is 0 Å². The highest BCUT2D eigenvalue weighted by Gasteiger charge is 2.36. The van der Waals surface area contributed by atoms with Crippen molar-refractivity contribution in [3.63, 3.8) is 0 Å². The fraction of sp³-hybridized carbons (Fsp3) is 0.111. The molecule has 0 saturated heterocycles. The van der Waals surface area contributed by atoms with E-state index in [1.165, 1.54) is 42.3 Å². The minimum atomic E-state index is -4.68. The number of anilines is 2. The highest BCUT2D eigenvalue weighted by atomic mass is 19.4. The Bertz CT molecular complexity index is 900. The van der Waals surface area contributed by atoms with Crippen molar-refractivity contribution in [3.05, 3.63) is 72.2 Å². The smallest absolute Gasteiger partial charge is 0.423 e. The maximum Gasteiger partial charge on any atom is 0.423 e. The van der Waals surface area contributed by atoms with Crippen LogP contribution in [-0.4, -0.2) is 17.0 Å². The number of halogens is 4. The molecule has 4 nitrogen and oxygen atoms in total. The first-order chi connectivity index (χ1) is 12.3. The summed E-state index contributed by atoms with van der Waals surface area (Å²) in [6.07, 6.45) is -4.03. The summed E-state index contributed by atoms with van der Waals surface area (Å²) in [4.78, 5) is 9.00. The van der Waals surface area contributed by atoms with Gasteiger partial charge < -0.3 is 9.64 Å². The number of alkyl halides is 3. The van der Waals surface area contributed by atoms with E-state index in [0.29, 0.717) is 11.9 Å². The SMILES string of the molecule is CN(c1cccc(F)c1)c1ncc(C(F)(F)F)c(Oc2ccccc2)n1. The molecule has 0 saturated carbocycles. The van der Waals surface area contributed by atoms with Gasteiger partial charge in [-0.2, -0.15) is 18.2 Å². The molecular formula is C18H13F4N3O. The third-order valence-electron chi connectivity index (χ3n) is 3.50. The van der Waals surface area contributed by atoms with E-state index in [9.17, 15) is 17.6 Å². The van der Waals surface area contributed by atoms with Gasteiger partial charge in [0, 0.05) is 18.9 Å². The molecule has 2 aromatic carbocycles. The van der Waals surface area contributed by atoms with Gasteiger partial charge in [-0.3, -0.25) is 0 Å². The predicted molar refractivity (Wildman–Crippen MR) is 88.0 cm³/mol. The molecule has 0 spiro atoms. The summed E-state index contributed by atoms with van der Waals surface area (Å²) in [5, 5.41) is 0. The molecular weight excluding hydrogens is 350 g/mol. The number of aromatic nitrogens is 2. The summed E-state index contributed by atoms with van der Waals surface area (Å²) in [6.45, 7) is 0. The Labute approximate surface area is 146 Å². The topological polar surface area (TPSA) is 38.2 Å². The molecule has 3 aromatic rings. The van der Waals surface area contributed by atoms with Crippen LogP contribution in [0.1, 0.15) is 5.56 Å². The Morgan fingerprint density at radius 3 is 2.38 bits per heavy atom. The number of rotatable bonds is 4. The number of benzene rings is 2. The molecule has 0 atom stereocenters. The first-order valence-electron chi connectivity index (χ1n) is 7.51. The van der Waals surface area contributed by atoms with Crippen molar-refractivity contribution in [2.75, 3.05) is 11.9 Å². The Morgan fingerprint density at radius 2 is 1.73 bits per heavy atom. The van der Waals surface area contributed by atoms with Crippen molar-refractivity contribution in [1.82, 2.24) is 9.97 Å². The zero-order valence-corrected chi connectivity index (χ0v) is 13.5. The number of para-hydroxylation sites is 1. The van der Waals surface area contributed by atoms with Crippen molar-refractivity contribution in [1.29, 1.82) is 0 Å². The lowest BCUT2D eigenvalue weighted by Crippen LogP contribution is -2.16. The van der Waals surface area contributed by atoms with Gasteiger partial charge in [0.25, 0.3) is 0 Å². The molecule has 26 heavy (non-hydrogen) atoms. The molecule has 0 radical (unpaired) electrons. The van der Waals surface area contributed by atoms with Crippen molar-refractivity contribution < 1.29 is 22.3 Å². The second-order valence-electron chi connectivity index (χ2n) is 5.34. The molecule has 1 heterocycles. The zero-order valence-electron chi connectivity index (χ0n) is 13.5. The minimum Gasteiger partial charge on any atom is -0.438 e. The molecule has 0 aliphatic heterocycles. The van der Waals surface area contributed by atoms with Crippen molar-refractivity contribution in [2.45, 2.75) is 6.18 Å². The first-order valence-corrected chi connectivity index (χ1v) is 7.51. The minimum absolute atomic E-state index is 0.0606. The Hall–Kier alpha value is -3.16. The molecule has 1 aromatic heterocycles. The maximum absolute atomic E-state index is 13.4. The number of hydrogen-bond acceptors (Lipinski definition) is 4. The Kier molecular flexibility index (Phi) is 4.75. The number of ether oxygens (including phenoxy) is 1. The van der Waals surface area contributed by atoms with E-state index in [2.05, 4.69) is 9.97 Å². The van der Waals surface area contributed by atoms with Crippen LogP contribution < -0.4 is 9.64 Å². The van der Waals surface area contributed by atoms with E-state index in [4.69, 9.17) is 4.74 Å². The Morgan fingerprint density at radius 1 is 1.00 bits per heavy atom. The van der Waals surface area contributed by atoms with E-state index in [-0.39, 0.29) is 11.7 Å². The summed E-state index contributed by atoms with van der Waals surface area (Å²) in [6, 6.07) is 13.5. The van der Waals surface area contributed by atoms with E-state index in [1.807, 2.05) is 0 Å². The van der Waals surface area contributed by atoms with Crippen LogP contribution in [-0.2, 0) is 6.18 Å². The van der Waals surface area contributed by atoms with Gasteiger partial charge in [0.2, 0.25) is 11.8 Å². The quantitative estimate of drug-likeness (QED) is 0.598. The van der Waals surface area contributed by atoms with Crippen LogP contribution in [0.2, 0.25) is 0 Å². The third-order valence-corrected chi connectivity index (χ3v) is 3.50. The average Bonchev–Trinajstić information content (AvgIpc) is 2.61. The molecule has 0 aliphatic carbocycles. The van der Waals surface area contributed by atoms with Gasteiger partial charge in [-0.05, 0) is 30.3 Å². The van der Waals surface area contributed by atoms with Crippen LogP contribution in [0.5, 0.6) is 11.6 Å². The monoisotopic (exact) mass is 363 g/mol. The summed E-state index contributed by atoms with van der Waals surface area (Å²) in [5.41, 5.74) is -0.715. The number of hydrogen-bond donors (Lipinski definition) is 0. The molecule has 8 heteroatoms. The molecule has 0 N–H and O–H groups in total. The fourth-order valence-electron chi connectivity index (χ4n) is 2.19. The van der Waals surface area contributed by atoms with Gasteiger partial charge in [0.1, 0.15) is 17.1 Å². The number of nitrogens with zero attached hydrogens (tertiary/aromatic N) is 3. The van der Waals surface area contributed by atoms with Gasteiger partial charge in [-0.15, -0.1) is 0 Å². The lowest BCUT2D eigenvalue weighted by molar-refractivity contribution is -0.139. The van der Waals surface area contributed by atoms with Crippen LogP contribution in [0.4, 0.5) is 29.2 Å². The van der Waals surface area contributed by atoms with Gasteiger partial charge in [0.15, 0.2) is 0 Å². The van der Waals surface area contributed by atoms with Gasteiger partial charge >= 0.3 is 6.18 Å². The predicted octanol–water partition coefficient (Wildman–Crippen LogP) is 5.19. The first kappa shape index (κ1) is 17.7. The second-order valence-corrected chi connectivity index (χ2v) is 5.34. The average molecular weight is 363 g/mol. The lowest BCUT2D eigenvalue weighted by Gasteiger charge is -2.19. The molecule has 0 aliphatic rings. The van der Waals surface area contributed by atoms with Gasteiger partial charge in [-0.25, -0.2) is 9.37 Å². The molecule has 0 bridgehead atoms. The summed E-state index contributed by atoms with van der Waals surface area (Å²) < 4.78 is 58.4. The fourth-order valence-corrected chi connectivity index (χ4v) is 2.19. The molecule has 3 rings (SSSR count). The third kappa shape index (κ3) is 3.90. The largest absolute Gasteiger partial charge is 0.438 e. The van der Waals surface area contributed by atoms with Crippen LogP contribution in [0, 0.1) is 5.82 Å². The van der Waals surface area contributed by atoms with Crippen LogP contribution >= 0.6 is 0 Å². The van der Waals surface area contributed by atoms with E-state index < -0.39 is 23.4 Å². The normalized spacial score (nSPS) is 11.3. The molecule has 134 valence electrons. The van der Waals surface area contributed by atoms with Gasteiger partial charge in [0.05, 0.1) is 0 Å². The van der Waals surface area contributed by atoms with E-state index >= 15 is 0 Å². The maximum atomic E-state index is 13.4.